The van der Waals surface area contributed by atoms with Gasteiger partial charge in [-0.2, -0.15) is 0 Å². The molecule has 2 heterocycles. The summed E-state index contributed by atoms with van der Waals surface area (Å²) < 4.78 is 11.4. The van der Waals surface area contributed by atoms with Crippen LogP contribution in [0.25, 0.3) is 11.0 Å². The van der Waals surface area contributed by atoms with Crippen molar-refractivity contribution in [3.63, 3.8) is 0 Å². The second-order valence-corrected chi connectivity index (χ2v) is 5.76. The van der Waals surface area contributed by atoms with Gasteiger partial charge in [0.05, 0.1) is 12.1 Å². The molecule has 4 heteroatoms. The third-order valence-corrected chi connectivity index (χ3v) is 4.45. The van der Waals surface area contributed by atoms with Gasteiger partial charge < -0.3 is 19.4 Å². The first-order valence-electron chi connectivity index (χ1n) is 7.71. The molecular weight excluding hydrogens is 264 g/mol. The Hall–Kier alpha value is -1.36. The summed E-state index contributed by atoms with van der Waals surface area (Å²) in [6.07, 6.45) is 2.67. The van der Waals surface area contributed by atoms with E-state index in [2.05, 4.69) is 22.3 Å². The van der Waals surface area contributed by atoms with Crippen molar-refractivity contribution in [3.8, 4) is 0 Å². The monoisotopic (exact) mass is 288 g/mol. The second-order valence-electron chi connectivity index (χ2n) is 5.76. The molecule has 1 atom stereocenters. The van der Waals surface area contributed by atoms with Gasteiger partial charge >= 0.3 is 0 Å². The van der Waals surface area contributed by atoms with Gasteiger partial charge in [0.25, 0.3) is 0 Å². The van der Waals surface area contributed by atoms with Crippen LogP contribution in [-0.2, 0) is 4.74 Å². The number of hydrogen-bond donors (Lipinski definition) is 1. The lowest BCUT2D eigenvalue weighted by molar-refractivity contribution is 0.0380. The van der Waals surface area contributed by atoms with Crippen molar-refractivity contribution in [2.24, 2.45) is 0 Å². The van der Waals surface area contributed by atoms with Crippen molar-refractivity contribution in [3.05, 3.63) is 36.1 Å². The van der Waals surface area contributed by atoms with Crippen molar-refractivity contribution in [1.82, 2.24) is 10.2 Å². The third-order valence-electron chi connectivity index (χ3n) is 4.45. The van der Waals surface area contributed by atoms with E-state index in [1.807, 2.05) is 32.4 Å². The molecule has 0 saturated carbocycles. The fraction of sp³-hybridized carbons (Fsp3) is 0.529. The minimum atomic E-state index is 0.233. The van der Waals surface area contributed by atoms with E-state index in [-0.39, 0.29) is 6.04 Å². The Morgan fingerprint density at radius 2 is 2.10 bits per heavy atom. The predicted octanol–water partition coefficient (Wildman–Crippen LogP) is 2.80. The van der Waals surface area contributed by atoms with E-state index in [0.717, 1.165) is 43.8 Å². The summed E-state index contributed by atoms with van der Waals surface area (Å²) in [4.78, 5) is 2.49. The molecule has 0 spiro atoms. The highest BCUT2D eigenvalue weighted by molar-refractivity contribution is 5.77. The van der Waals surface area contributed by atoms with Crippen molar-refractivity contribution in [2.75, 3.05) is 33.8 Å². The number of benzene rings is 1. The molecule has 1 unspecified atom stereocenters. The van der Waals surface area contributed by atoms with Crippen LogP contribution in [0.15, 0.2) is 34.7 Å². The van der Waals surface area contributed by atoms with Gasteiger partial charge in [0, 0.05) is 32.1 Å². The molecule has 1 aromatic carbocycles. The number of fused-ring (bicyclic) bond motifs is 1. The lowest BCUT2D eigenvalue weighted by atomic mass is 10.1. The average molecular weight is 288 g/mol. The van der Waals surface area contributed by atoms with Gasteiger partial charge in [0.2, 0.25) is 0 Å². The summed E-state index contributed by atoms with van der Waals surface area (Å²) in [7, 11) is 3.81. The lowest BCUT2D eigenvalue weighted by Gasteiger charge is -2.33. The molecule has 114 valence electrons. The lowest BCUT2D eigenvalue weighted by Crippen LogP contribution is -2.41. The van der Waals surface area contributed by atoms with E-state index in [4.69, 9.17) is 9.15 Å². The number of para-hydroxylation sites is 1. The molecule has 1 saturated heterocycles. The smallest absolute Gasteiger partial charge is 0.134 e. The molecule has 4 nitrogen and oxygen atoms in total. The summed E-state index contributed by atoms with van der Waals surface area (Å²) in [6.45, 7) is 3.17. The normalized spacial score (nSPS) is 19.1. The van der Waals surface area contributed by atoms with Gasteiger partial charge in [-0.1, -0.05) is 18.2 Å². The molecule has 1 aliphatic rings. The molecule has 0 bridgehead atoms. The van der Waals surface area contributed by atoms with Crippen LogP contribution in [0.2, 0.25) is 0 Å². The highest BCUT2D eigenvalue weighted by atomic mass is 16.5. The average Bonchev–Trinajstić information content (AvgIpc) is 2.97. The minimum absolute atomic E-state index is 0.233. The summed E-state index contributed by atoms with van der Waals surface area (Å²) in [6, 6.07) is 10.6. The Bertz CT molecular complexity index is 540. The zero-order valence-electron chi connectivity index (χ0n) is 12.8. The molecule has 0 radical (unpaired) electrons. The summed E-state index contributed by atoms with van der Waals surface area (Å²) in [5.74, 6) is 1.02. The summed E-state index contributed by atoms with van der Waals surface area (Å²) in [5.41, 5.74) is 0.964. The Balaban J connectivity index is 1.67. The van der Waals surface area contributed by atoms with Gasteiger partial charge in [0.1, 0.15) is 11.3 Å². The number of piperidine rings is 1. The molecule has 21 heavy (non-hydrogen) atoms. The van der Waals surface area contributed by atoms with E-state index >= 15 is 0 Å². The molecule has 1 fully saturated rings. The summed E-state index contributed by atoms with van der Waals surface area (Å²) in [5, 5.41) is 4.56. The largest absolute Gasteiger partial charge is 0.459 e. The highest BCUT2D eigenvalue weighted by Gasteiger charge is 2.23. The predicted molar refractivity (Wildman–Crippen MR) is 84.5 cm³/mol. The molecule has 0 amide bonds. The van der Waals surface area contributed by atoms with Crippen LogP contribution in [0.3, 0.4) is 0 Å². The highest BCUT2D eigenvalue weighted by Crippen LogP contribution is 2.25. The van der Waals surface area contributed by atoms with E-state index in [1.165, 1.54) is 5.39 Å². The molecule has 1 aliphatic heterocycles. The number of rotatable bonds is 5. The van der Waals surface area contributed by atoms with E-state index in [1.54, 1.807) is 0 Å². The van der Waals surface area contributed by atoms with Crippen LogP contribution in [0, 0.1) is 0 Å². The van der Waals surface area contributed by atoms with Crippen LogP contribution < -0.4 is 5.32 Å². The van der Waals surface area contributed by atoms with E-state index < -0.39 is 0 Å². The molecular formula is C17H24N2O2. The Labute approximate surface area is 126 Å². The van der Waals surface area contributed by atoms with Crippen molar-refractivity contribution in [1.29, 1.82) is 0 Å². The first-order valence-corrected chi connectivity index (χ1v) is 7.71. The first-order chi connectivity index (χ1) is 10.3. The SMILES string of the molecule is CNC(CN1CCC(OC)CC1)c1cc2ccccc2o1. The number of nitrogens with one attached hydrogen (secondary N) is 1. The quantitative estimate of drug-likeness (QED) is 0.918. The number of likely N-dealkylation sites (N-methyl/N-ethyl adjacent to an activating group) is 1. The van der Waals surface area contributed by atoms with Crippen molar-refractivity contribution < 1.29 is 9.15 Å². The van der Waals surface area contributed by atoms with Crippen LogP contribution >= 0.6 is 0 Å². The molecule has 3 rings (SSSR count). The van der Waals surface area contributed by atoms with Crippen molar-refractivity contribution >= 4 is 11.0 Å². The van der Waals surface area contributed by atoms with Crippen LogP contribution in [0.4, 0.5) is 0 Å². The Kier molecular flexibility index (Phi) is 4.58. The molecule has 1 N–H and O–H groups in total. The molecule has 0 aliphatic carbocycles. The number of ether oxygens (including phenoxy) is 1. The number of hydrogen-bond acceptors (Lipinski definition) is 4. The summed E-state index contributed by atoms with van der Waals surface area (Å²) >= 11 is 0. The molecule has 1 aromatic heterocycles. The first kappa shape index (κ1) is 14.6. The van der Waals surface area contributed by atoms with Gasteiger partial charge in [-0.3, -0.25) is 0 Å². The number of furan rings is 1. The zero-order valence-corrected chi connectivity index (χ0v) is 12.8. The van der Waals surface area contributed by atoms with Crippen LogP contribution in [-0.4, -0.2) is 44.8 Å². The minimum Gasteiger partial charge on any atom is -0.459 e. The number of methoxy groups -OCH3 is 1. The van der Waals surface area contributed by atoms with E-state index in [9.17, 15) is 0 Å². The van der Waals surface area contributed by atoms with Crippen molar-refractivity contribution in [2.45, 2.75) is 25.0 Å². The van der Waals surface area contributed by atoms with Crippen LogP contribution in [0.5, 0.6) is 0 Å². The van der Waals surface area contributed by atoms with Gasteiger partial charge in [0.15, 0.2) is 0 Å². The second kappa shape index (κ2) is 6.60. The zero-order chi connectivity index (χ0) is 14.7. The van der Waals surface area contributed by atoms with E-state index in [0.29, 0.717) is 6.10 Å². The standard InChI is InChI=1S/C17H24N2O2/c1-18-15(12-19-9-7-14(20-2)8-10-19)17-11-13-5-3-4-6-16(13)21-17/h3-6,11,14-15,18H,7-10,12H2,1-2H3. The number of nitrogens with zero attached hydrogens (tertiary/aromatic N) is 1. The topological polar surface area (TPSA) is 37.6 Å². The fourth-order valence-corrected chi connectivity index (χ4v) is 3.08. The van der Waals surface area contributed by atoms with Gasteiger partial charge in [-0.05, 0) is 32.0 Å². The Morgan fingerprint density at radius 3 is 2.76 bits per heavy atom. The number of likely N-dealkylation sites (tertiary alicyclic amines) is 1. The fourth-order valence-electron chi connectivity index (χ4n) is 3.08. The van der Waals surface area contributed by atoms with Crippen LogP contribution in [0.1, 0.15) is 24.6 Å². The molecule has 2 aromatic rings. The maximum absolute atomic E-state index is 5.99. The maximum atomic E-state index is 5.99. The van der Waals surface area contributed by atoms with Gasteiger partial charge in [-0.15, -0.1) is 0 Å². The Morgan fingerprint density at radius 1 is 1.33 bits per heavy atom. The maximum Gasteiger partial charge on any atom is 0.134 e. The third kappa shape index (κ3) is 3.28. The van der Waals surface area contributed by atoms with Gasteiger partial charge in [-0.25, -0.2) is 0 Å².